The van der Waals surface area contributed by atoms with E-state index >= 15 is 0 Å². The van der Waals surface area contributed by atoms with Crippen molar-refractivity contribution in [3.8, 4) is 0 Å². The average Bonchev–Trinajstić information content (AvgIpc) is 2.32. The lowest BCUT2D eigenvalue weighted by Crippen LogP contribution is -2.39. The number of hydrogen-bond donors (Lipinski definition) is 1. The molecule has 0 aliphatic rings. The first-order valence-corrected chi connectivity index (χ1v) is 6.07. The molecule has 2 aromatic heterocycles. The van der Waals surface area contributed by atoms with Crippen molar-refractivity contribution in [1.29, 1.82) is 0 Å². The molecule has 0 aliphatic heterocycles. The molecule has 7 heteroatoms. The van der Waals surface area contributed by atoms with Gasteiger partial charge in [-0.15, -0.1) is 0 Å². The highest BCUT2D eigenvalue weighted by Gasteiger charge is 2.18. The Balaban J connectivity index is 2.43. The molecule has 2 aromatic rings. The summed E-state index contributed by atoms with van der Waals surface area (Å²) in [5.41, 5.74) is -1.52. The molecule has 0 bridgehead atoms. The first kappa shape index (κ1) is 14.0. The van der Waals surface area contributed by atoms with Gasteiger partial charge in [0.25, 0.3) is 5.56 Å². The van der Waals surface area contributed by atoms with Crippen LogP contribution in [0, 0.1) is 0 Å². The normalized spacial score (nSPS) is 11.6. The minimum atomic E-state index is -0.678. The molecular weight excluding hydrogens is 262 g/mol. The zero-order valence-electron chi connectivity index (χ0n) is 11.5. The molecule has 0 fully saturated rings. The lowest BCUT2D eigenvalue weighted by atomic mass is 10.2. The van der Waals surface area contributed by atoms with Gasteiger partial charge in [-0.1, -0.05) is 0 Å². The third kappa shape index (κ3) is 2.93. The highest BCUT2D eigenvalue weighted by molar-refractivity contribution is 5.73. The maximum Gasteiger partial charge on any atom is 0.329 e. The maximum absolute atomic E-state index is 12.1. The van der Waals surface area contributed by atoms with E-state index in [1.165, 1.54) is 6.20 Å². The Morgan fingerprint density at radius 3 is 2.75 bits per heavy atom. The van der Waals surface area contributed by atoms with Gasteiger partial charge in [0.15, 0.2) is 5.52 Å². The van der Waals surface area contributed by atoms with Crippen LogP contribution in [-0.2, 0) is 16.1 Å². The molecule has 0 aliphatic carbocycles. The van der Waals surface area contributed by atoms with Gasteiger partial charge < -0.3 is 9.72 Å². The van der Waals surface area contributed by atoms with Crippen molar-refractivity contribution in [2.75, 3.05) is 0 Å². The Labute approximate surface area is 114 Å². The molecule has 0 aromatic carbocycles. The predicted molar refractivity (Wildman–Crippen MR) is 72.5 cm³/mol. The number of esters is 1. The van der Waals surface area contributed by atoms with Gasteiger partial charge in [0, 0.05) is 6.20 Å². The van der Waals surface area contributed by atoms with Crippen molar-refractivity contribution in [3.63, 3.8) is 0 Å². The molecule has 0 saturated heterocycles. The molecule has 1 N–H and O–H groups in total. The van der Waals surface area contributed by atoms with Crippen LogP contribution < -0.4 is 11.2 Å². The highest BCUT2D eigenvalue weighted by Crippen LogP contribution is 2.07. The summed E-state index contributed by atoms with van der Waals surface area (Å²) in [6.07, 6.45) is 1.44. The van der Waals surface area contributed by atoms with Crippen molar-refractivity contribution in [3.05, 3.63) is 39.2 Å². The summed E-state index contributed by atoms with van der Waals surface area (Å²) < 4.78 is 5.87. The van der Waals surface area contributed by atoms with Crippen LogP contribution in [0.2, 0.25) is 0 Å². The summed E-state index contributed by atoms with van der Waals surface area (Å²) in [4.78, 5) is 42.1. The smallest absolute Gasteiger partial charge is 0.329 e. The third-order valence-corrected chi connectivity index (χ3v) is 2.45. The van der Waals surface area contributed by atoms with E-state index < -0.39 is 29.4 Å². The van der Waals surface area contributed by atoms with Crippen LogP contribution in [0.5, 0.6) is 0 Å². The Morgan fingerprint density at radius 2 is 2.10 bits per heavy atom. The van der Waals surface area contributed by atoms with E-state index in [1.54, 1.807) is 32.9 Å². The fourth-order valence-corrected chi connectivity index (χ4v) is 1.73. The van der Waals surface area contributed by atoms with Gasteiger partial charge in [-0.2, -0.15) is 0 Å². The van der Waals surface area contributed by atoms with E-state index in [-0.39, 0.29) is 5.52 Å². The van der Waals surface area contributed by atoms with Gasteiger partial charge in [0.1, 0.15) is 12.1 Å². The molecule has 0 atom stereocenters. The second kappa shape index (κ2) is 4.92. The molecular formula is C13H15N3O4. The summed E-state index contributed by atoms with van der Waals surface area (Å²) in [5.74, 6) is -0.652. The molecule has 2 heterocycles. The summed E-state index contributed by atoms with van der Waals surface area (Å²) in [6.45, 7) is 4.68. The van der Waals surface area contributed by atoms with E-state index in [4.69, 9.17) is 4.74 Å². The number of aromatic nitrogens is 3. The van der Waals surface area contributed by atoms with E-state index in [0.717, 1.165) is 4.57 Å². The number of ether oxygens (including phenoxy) is 1. The number of fused-ring (bicyclic) bond motifs is 1. The number of aromatic amines is 1. The average molecular weight is 277 g/mol. The SMILES string of the molecule is CC(C)(C)OC(=O)Cn1c(=O)[nH]c2cccnc2c1=O. The van der Waals surface area contributed by atoms with Crippen molar-refractivity contribution in [1.82, 2.24) is 14.5 Å². The quantitative estimate of drug-likeness (QED) is 0.803. The fraction of sp³-hybridized carbons (Fsp3) is 0.385. The van der Waals surface area contributed by atoms with Crippen molar-refractivity contribution >= 4 is 17.0 Å². The van der Waals surface area contributed by atoms with E-state index in [0.29, 0.717) is 5.52 Å². The summed E-state index contributed by atoms with van der Waals surface area (Å²) in [7, 11) is 0. The van der Waals surface area contributed by atoms with Gasteiger partial charge in [0.2, 0.25) is 0 Å². The van der Waals surface area contributed by atoms with Gasteiger partial charge in [-0.05, 0) is 32.9 Å². The minimum Gasteiger partial charge on any atom is -0.459 e. The number of pyridine rings is 1. The van der Waals surface area contributed by atoms with Gasteiger partial charge in [0.05, 0.1) is 5.52 Å². The first-order valence-electron chi connectivity index (χ1n) is 6.07. The second-order valence-electron chi connectivity index (χ2n) is 5.31. The predicted octanol–water partition coefficient (Wildman–Crippen LogP) is 0.427. The van der Waals surface area contributed by atoms with E-state index in [9.17, 15) is 14.4 Å². The van der Waals surface area contributed by atoms with E-state index in [2.05, 4.69) is 9.97 Å². The fourth-order valence-electron chi connectivity index (χ4n) is 1.73. The number of rotatable bonds is 2. The molecule has 0 amide bonds. The summed E-state index contributed by atoms with van der Waals surface area (Å²) in [5, 5.41) is 0. The minimum absolute atomic E-state index is 0.107. The molecule has 0 spiro atoms. The number of nitrogens with zero attached hydrogens (tertiary/aromatic N) is 2. The third-order valence-electron chi connectivity index (χ3n) is 2.45. The number of carbonyl (C=O) groups is 1. The molecule has 0 unspecified atom stereocenters. The molecule has 0 radical (unpaired) electrons. The van der Waals surface area contributed by atoms with Crippen LogP contribution in [0.25, 0.3) is 11.0 Å². The number of hydrogen-bond acceptors (Lipinski definition) is 5. The van der Waals surface area contributed by atoms with Crippen LogP contribution in [-0.4, -0.2) is 26.1 Å². The number of carbonyl (C=O) groups excluding carboxylic acids is 1. The zero-order valence-corrected chi connectivity index (χ0v) is 11.5. The summed E-state index contributed by atoms with van der Waals surface area (Å²) in [6, 6.07) is 3.18. The topological polar surface area (TPSA) is 94.1 Å². The van der Waals surface area contributed by atoms with E-state index in [1.807, 2.05) is 0 Å². The lowest BCUT2D eigenvalue weighted by molar-refractivity contribution is -0.155. The van der Waals surface area contributed by atoms with Gasteiger partial charge in [-0.3, -0.25) is 9.59 Å². The van der Waals surface area contributed by atoms with Crippen LogP contribution in [0.15, 0.2) is 27.9 Å². The van der Waals surface area contributed by atoms with Crippen molar-refractivity contribution < 1.29 is 9.53 Å². The Bertz CT molecular complexity index is 768. The molecule has 0 saturated carbocycles. The lowest BCUT2D eigenvalue weighted by Gasteiger charge is -2.19. The molecule has 20 heavy (non-hydrogen) atoms. The Morgan fingerprint density at radius 1 is 1.40 bits per heavy atom. The molecule has 7 nitrogen and oxygen atoms in total. The van der Waals surface area contributed by atoms with Crippen molar-refractivity contribution in [2.45, 2.75) is 32.9 Å². The summed E-state index contributed by atoms with van der Waals surface area (Å²) >= 11 is 0. The maximum atomic E-state index is 12.1. The second-order valence-corrected chi connectivity index (χ2v) is 5.31. The van der Waals surface area contributed by atoms with Gasteiger partial charge >= 0.3 is 11.7 Å². The van der Waals surface area contributed by atoms with Crippen LogP contribution in [0.1, 0.15) is 20.8 Å². The van der Waals surface area contributed by atoms with Crippen LogP contribution in [0.3, 0.4) is 0 Å². The van der Waals surface area contributed by atoms with Crippen molar-refractivity contribution in [2.24, 2.45) is 0 Å². The van der Waals surface area contributed by atoms with Gasteiger partial charge in [-0.25, -0.2) is 14.3 Å². The first-order chi connectivity index (χ1) is 9.28. The number of H-pyrrole nitrogens is 1. The zero-order chi connectivity index (χ0) is 14.9. The number of nitrogens with one attached hydrogen (secondary N) is 1. The van der Waals surface area contributed by atoms with Crippen LogP contribution in [0.4, 0.5) is 0 Å². The Kier molecular flexibility index (Phi) is 3.44. The highest BCUT2D eigenvalue weighted by atomic mass is 16.6. The molecule has 2 rings (SSSR count). The van der Waals surface area contributed by atoms with Crippen LogP contribution >= 0.6 is 0 Å². The monoisotopic (exact) mass is 277 g/mol. The largest absolute Gasteiger partial charge is 0.459 e. The Hall–Kier alpha value is -2.44. The standard InChI is InChI=1S/C13H15N3O4/c1-13(2,3)20-9(17)7-16-11(18)10-8(15-12(16)19)5-4-6-14-10/h4-6H,7H2,1-3H3,(H,15,19). The molecule has 106 valence electrons.